The summed E-state index contributed by atoms with van der Waals surface area (Å²) in [6.07, 6.45) is 1.40. The molecule has 1 N–H and O–H groups in total. The van der Waals surface area contributed by atoms with Gasteiger partial charge in [0.15, 0.2) is 0 Å². The molecule has 0 aliphatic carbocycles. The molecule has 0 aliphatic heterocycles. The third-order valence-corrected chi connectivity index (χ3v) is 7.69. The highest BCUT2D eigenvalue weighted by atomic mass is 32.2. The molecular formula is C27H24FN5O5S. The standard InChI is InChI=1S/C27H24FN5O5S/c1-19-16-21(20(2)32(19)23-14-12-22(28)13-15-23)17-29-30-27(34)18-31(25-10-6-7-11-26(25)33(35)36)39(37,38)24-8-4-3-5-9-24/h3-17H,18H2,1-2H3,(H,30,34)/b29-17-. The number of aromatic nitrogens is 1. The quantitative estimate of drug-likeness (QED) is 0.187. The second kappa shape index (κ2) is 11.3. The van der Waals surface area contributed by atoms with Crippen LogP contribution >= 0.6 is 0 Å². The van der Waals surface area contributed by atoms with Crippen LogP contribution in [0.1, 0.15) is 17.0 Å². The van der Waals surface area contributed by atoms with Gasteiger partial charge in [0, 0.05) is 28.7 Å². The van der Waals surface area contributed by atoms with E-state index in [9.17, 15) is 27.7 Å². The number of hydrogen-bond acceptors (Lipinski definition) is 6. The van der Waals surface area contributed by atoms with Crippen LogP contribution in [0.4, 0.5) is 15.8 Å². The molecule has 3 aromatic carbocycles. The Bertz CT molecular complexity index is 1650. The number of anilines is 1. The number of nitrogens with zero attached hydrogens (tertiary/aromatic N) is 4. The maximum atomic E-state index is 13.4. The van der Waals surface area contributed by atoms with E-state index in [-0.39, 0.29) is 16.4 Å². The van der Waals surface area contributed by atoms with Crippen molar-refractivity contribution in [3.05, 3.63) is 118 Å². The number of para-hydroxylation sites is 2. The number of hydrazone groups is 1. The van der Waals surface area contributed by atoms with Crippen LogP contribution in [0.25, 0.3) is 5.69 Å². The summed E-state index contributed by atoms with van der Waals surface area (Å²) in [6, 6.07) is 20.4. The SMILES string of the molecule is Cc1cc(/C=N\NC(=O)CN(c2ccccc2[N+](=O)[O-])S(=O)(=O)c2ccccc2)c(C)n1-c1ccc(F)cc1. The molecule has 4 rings (SSSR count). The minimum absolute atomic E-state index is 0.132. The highest BCUT2D eigenvalue weighted by Crippen LogP contribution is 2.32. The van der Waals surface area contributed by atoms with Gasteiger partial charge < -0.3 is 4.57 Å². The predicted octanol–water partition coefficient (Wildman–Crippen LogP) is 4.49. The number of amides is 1. The number of sulfonamides is 1. The van der Waals surface area contributed by atoms with Gasteiger partial charge in [-0.25, -0.2) is 22.5 Å². The number of hydrogen-bond donors (Lipinski definition) is 1. The second-order valence-corrected chi connectivity index (χ2v) is 10.4. The molecule has 0 spiro atoms. The summed E-state index contributed by atoms with van der Waals surface area (Å²) in [5.41, 5.74) is 4.63. The van der Waals surface area contributed by atoms with Crippen molar-refractivity contribution in [1.29, 1.82) is 0 Å². The zero-order valence-corrected chi connectivity index (χ0v) is 21.8. The topological polar surface area (TPSA) is 127 Å². The van der Waals surface area contributed by atoms with Crippen LogP contribution in [0.3, 0.4) is 0 Å². The van der Waals surface area contributed by atoms with Crippen molar-refractivity contribution in [2.45, 2.75) is 18.7 Å². The van der Waals surface area contributed by atoms with E-state index in [1.54, 1.807) is 18.2 Å². The van der Waals surface area contributed by atoms with E-state index in [0.717, 1.165) is 23.1 Å². The molecule has 200 valence electrons. The zero-order valence-electron chi connectivity index (χ0n) is 21.0. The molecule has 1 aromatic heterocycles. The maximum Gasteiger partial charge on any atom is 0.293 e. The van der Waals surface area contributed by atoms with Crippen molar-refractivity contribution >= 4 is 33.5 Å². The first-order valence-electron chi connectivity index (χ1n) is 11.7. The third-order valence-electron chi connectivity index (χ3n) is 5.91. The normalized spacial score (nSPS) is 11.5. The Hall–Kier alpha value is -4.84. The molecule has 0 unspecified atom stereocenters. The van der Waals surface area contributed by atoms with Crippen molar-refractivity contribution < 1.29 is 22.5 Å². The third kappa shape index (κ3) is 5.85. The van der Waals surface area contributed by atoms with Crippen molar-refractivity contribution in [3.8, 4) is 5.69 Å². The minimum atomic E-state index is -4.34. The van der Waals surface area contributed by atoms with Crippen LogP contribution in [0.2, 0.25) is 0 Å². The summed E-state index contributed by atoms with van der Waals surface area (Å²) in [5.74, 6) is -1.16. The van der Waals surface area contributed by atoms with Crippen LogP contribution in [0.15, 0.2) is 94.9 Å². The first kappa shape index (κ1) is 27.2. The fourth-order valence-corrected chi connectivity index (χ4v) is 5.55. The molecule has 0 fully saturated rings. The Morgan fingerprint density at radius 2 is 1.69 bits per heavy atom. The molecule has 39 heavy (non-hydrogen) atoms. The summed E-state index contributed by atoms with van der Waals surface area (Å²) < 4.78 is 42.8. The number of carbonyl (C=O) groups excluding carboxylic acids is 1. The van der Waals surface area contributed by atoms with Gasteiger partial charge in [0.05, 0.1) is 16.0 Å². The molecule has 1 heterocycles. The smallest absolute Gasteiger partial charge is 0.293 e. The molecule has 10 nitrogen and oxygen atoms in total. The van der Waals surface area contributed by atoms with Gasteiger partial charge >= 0.3 is 0 Å². The van der Waals surface area contributed by atoms with E-state index >= 15 is 0 Å². The molecule has 12 heteroatoms. The molecule has 0 bridgehead atoms. The van der Waals surface area contributed by atoms with Gasteiger partial charge in [0.25, 0.3) is 21.6 Å². The fraction of sp³-hybridized carbons (Fsp3) is 0.111. The summed E-state index contributed by atoms with van der Waals surface area (Å²) in [7, 11) is -4.34. The lowest BCUT2D eigenvalue weighted by Crippen LogP contribution is -2.39. The highest BCUT2D eigenvalue weighted by molar-refractivity contribution is 7.92. The van der Waals surface area contributed by atoms with Gasteiger partial charge in [-0.3, -0.25) is 14.9 Å². The molecule has 0 saturated carbocycles. The van der Waals surface area contributed by atoms with Crippen molar-refractivity contribution in [2.75, 3.05) is 10.8 Å². The van der Waals surface area contributed by atoms with Crippen LogP contribution in [0, 0.1) is 29.8 Å². The number of halogens is 1. The van der Waals surface area contributed by atoms with Gasteiger partial charge in [0.2, 0.25) is 0 Å². The molecule has 4 aromatic rings. The van der Waals surface area contributed by atoms with E-state index in [1.165, 1.54) is 60.8 Å². The second-order valence-electron chi connectivity index (χ2n) is 8.50. The molecule has 0 aliphatic rings. The minimum Gasteiger partial charge on any atom is -0.318 e. The average Bonchev–Trinajstić information content (AvgIpc) is 3.20. The number of carbonyl (C=O) groups is 1. The maximum absolute atomic E-state index is 13.4. The van der Waals surface area contributed by atoms with E-state index in [0.29, 0.717) is 9.87 Å². The molecule has 0 atom stereocenters. The monoisotopic (exact) mass is 549 g/mol. The van der Waals surface area contributed by atoms with Gasteiger partial charge in [0.1, 0.15) is 18.0 Å². The highest BCUT2D eigenvalue weighted by Gasteiger charge is 2.31. The zero-order chi connectivity index (χ0) is 28.2. The molecule has 0 radical (unpaired) electrons. The van der Waals surface area contributed by atoms with Crippen molar-refractivity contribution in [2.24, 2.45) is 5.10 Å². The van der Waals surface area contributed by atoms with Gasteiger partial charge in [-0.2, -0.15) is 5.10 Å². The van der Waals surface area contributed by atoms with Crippen molar-refractivity contribution in [3.63, 3.8) is 0 Å². The Labute approximate surface area is 224 Å². The average molecular weight is 550 g/mol. The van der Waals surface area contributed by atoms with Crippen molar-refractivity contribution in [1.82, 2.24) is 9.99 Å². The van der Waals surface area contributed by atoms with E-state index in [2.05, 4.69) is 10.5 Å². The first-order chi connectivity index (χ1) is 18.6. The Morgan fingerprint density at radius 3 is 2.36 bits per heavy atom. The molecule has 1 amide bonds. The number of nitrogens with one attached hydrogen (secondary N) is 1. The number of benzene rings is 3. The van der Waals surface area contributed by atoms with Crippen LogP contribution in [0.5, 0.6) is 0 Å². The lowest BCUT2D eigenvalue weighted by atomic mass is 10.2. The van der Waals surface area contributed by atoms with Crippen LogP contribution in [-0.4, -0.2) is 36.6 Å². The molecule has 0 saturated heterocycles. The lowest BCUT2D eigenvalue weighted by Gasteiger charge is -2.23. The summed E-state index contributed by atoms with van der Waals surface area (Å²) in [6.45, 7) is 2.95. The summed E-state index contributed by atoms with van der Waals surface area (Å²) in [4.78, 5) is 23.6. The van der Waals surface area contributed by atoms with Gasteiger partial charge in [-0.15, -0.1) is 0 Å². The first-order valence-corrected chi connectivity index (χ1v) is 13.1. The fourth-order valence-electron chi connectivity index (χ4n) is 4.09. The van der Waals surface area contributed by atoms with Crippen LogP contribution in [-0.2, 0) is 14.8 Å². The number of nitro benzene ring substituents is 1. The predicted molar refractivity (Wildman–Crippen MR) is 145 cm³/mol. The Morgan fingerprint density at radius 1 is 1.05 bits per heavy atom. The van der Waals surface area contributed by atoms with Gasteiger partial charge in [-0.05, 0) is 62.4 Å². The van der Waals surface area contributed by atoms with E-state index in [4.69, 9.17) is 0 Å². The largest absolute Gasteiger partial charge is 0.318 e. The summed E-state index contributed by atoms with van der Waals surface area (Å²) >= 11 is 0. The van der Waals surface area contributed by atoms with E-state index < -0.39 is 33.1 Å². The number of aryl methyl sites for hydroxylation is 1. The number of nitro groups is 1. The Balaban J connectivity index is 1.59. The van der Waals surface area contributed by atoms with Gasteiger partial charge in [-0.1, -0.05) is 30.3 Å². The van der Waals surface area contributed by atoms with E-state index in [1.807, 2.05) is 24.5 Å². The molecular weight excluding hydrogens is 525 g/mol. The number of rotatable bonds is 9. The Kier molecular flexibility index (Phi) is 7.86. The van der Waals surface area contributed by atoms with Crippen LogP contribution < -0.4 is 9.73 Å². The lowest BCUT2D eigenvalue weighted by molar-refractivity contribution is -0.384. The summed E-state index contributed by atoms with van der Waals surface area (Å²) in [5, 5.41) is 15.6.